The summed E-state index contributed by atoms with van der Waals surface area (Å²) in [6.07, 6.45) is 2.58. The van der Waals surface area contributed by atoms with E-state index in [0.717, 1.165) is 23.8 Å². The van der Waals surface area contributed by atoms with Gasteiger partial charge in [0.25, 0.3) is 0 Å². The van der Waals surface area contributed by atoms with Crippen LogP contribution in [0.2, 0.25) is 0 Å². The van der Waals surface area contributed by atoms with Crippen LogP contribution >= 0.6 is 0 Å². The first kappa shape index (κ1) is 12.4. The third-order valence-electron chi connectivity index (χ3n) is 4.01. The molecule has 1 saturated heterocycles. The molecule has 0 aliphatic carbocycles. The van der Waals surface area contributed by atoms with Crippen molar-refractivity contribution in [3.05, 3.63) is 36.4 Å². The van der Waals surface area contributed by atoms with Gasteiger partial charge in [0, 0.05) is 11.9 Å². The largest absolute Gasteiger partial charge is 0.370 e. The average molecular weight is 255 g/mol. The topological polar surface area (TPSA) is 28.2 Å². The van der Waals surface area contributed by atoms with Gasteiger partial charge in [0.15, 0.2) is 0 Å². The number of anilines is 1. The standard InChI is InChI=1S/C16H21N3/c1-19-10-8-13(9-11-19)12-17-16-7-6-14-4-2-3-5-15(14)18-16/h2-7,13H,8-12H2,1H3,(H,17,18). The van der Waals surface area contributed by atoms with Gasteiger partial charge < -0.3 is 10.2 Å². The zero-order valence-corrected chi connectivity index (χ0v) is 11.5. The van der Waals surface area contributed by atoms with Crippen molar-refractivity contribution >= 4 is 16.7 Å². The van der Waals surface area contributed by atoms with Crippen LogP contribution in [0, 0.1) is 5.92 Å². The zero-order valence-electron chi connectivity index (χ0n) is 11.5. The predicted molar refractivity (Wildman–Crippen MR) is 80.5 cm³/mol. The lowest BCUT2D eigenvalue weighted by Gasteiger charge is -2.29. The Bertz CT molecular complexity index is 544. The number of hydrogen-bond acceptors (Lipinski definition) is 3. The van der Waals surface area contributed by atoms with Crippen LogP contribution in [-0.4, -0.2) is 36.6 Å². The number of para-hydroxylation sites is 1. The van der Waals surface area contributed by atoms with Gasteiger partial charge in [-0.15, -0.1) is 0 Å². The van der Waals surface area contributed by atoms with Crippen molar-refractivity contribution in [2.45, 2.75) is 12.8 Å². The van der Waals surface area contributed by atoms with E-state index in [9.17, 15) is 0 Å². The monoisotopic (exact) mass is 255 g/mol. The molecule has 1 N–H and O–H groups in total. The second-order valence-corrected chi connectivity index (χ2v) is 5.52. The number of aromatic nitrogens is 1. The van der Waals surface area contributed by atoms with Gasteiger partial charge in [-0.1, -0.05) is 18.2 Å². The predicted octanol–water partition coefficient (Wildman–Crippen LogP) is 2.99. The number of pyridine rings is 1. The number of likely N-dealkylation sites (tertiary alicyclic amines) is 1. The highest BCUT2D eigenvalue weighted by Gasteiger charge is 2.16. The number of nitrogens with zero attached hydrogens (tertiary/aromatic N) is 2. The summed E-state index contributed by atoms with van der Waals surface area (Å²) >= 11 is 0. The third kappa shape index (κ3) is 3.04. The minimum Gasteiger partial charge on any atom is -0.370 e. The van der Waals surface area contributed by atoms with E-state index in [1.807, 2.05) is 6.07 Å². The Morgan fingerprint density at radius 1 is 1.16 bits per heavy atom. The van der Waals surface area contributed by atoms with Gasteiger partial charge in [-0.25, -0.2) is 4.98 Å². The van der Waals surface area contributed by atoms with Crippen molar-refractivity contribution in [3.8, 4) is 0 Å². The molecule has 1 aliphatic heterocycles. The average Bonchev–Trinajstić information content (AvgIpc) is 2.46. The quantitative estimate of drug-likeness (QED) is 0.914. The van der Waals surface area contributed by atoms with E-state index in [-0.39, 0.29) is 0 Å². The first-order valence-electron chi connectivity index (χ1n) is 7.09. The van der Waals surface area contributed by atoms with E-state index in [1.165, 1.54) is 31.3 Å². The summed E-state index contributed by atoms with van der Waals surface area (Å²) in [5.41, 5.74) is 1.07. The van der Waals surface area contributed by atoms with E-state index < -0.39 is 0 Å². The molecule has 1 aliphatic rings. The van der Waals surface area contributed by atoms with Crippen molar-refractivity contribution in [3.63, 3.8) is 0 Å². The number of rotatable bonds is 3. The van der Waals surface area contributed by atoms with E-state index >= 15 is 0 Å². The van der Waals surface area contributed by atoms with Gasteiger partial charge in [0.2, 0.25) is 0 Å². The maximum atomic E-state index is 4.65. The zero-order chi connectivity index (χ0) is 13.1. The van der Waals surface area contributed by atoms with Crippen molar-refractivity contribution < 1.29 is 0 Å². The summed E-state index contributed by atoms with van der Waals surface area (Å²) in [6, 6.07) is 12.5. The first-order valence-corrected chi connectivity index (χ1v) is 7.09. The normalized spacial score (nSPS) is 17.7. The SMILES string of the molecule is CN1CCC(CNc2ccc3ccccc3n2)CC1. The van der Waals surface area contributed by atoms with Gasteiger partial charge in [-0.05, 0) is 57.1 Å². The van der Waals surface area contributed by atoms with Crippen LogP contribution in [0.3, 0.4) is 0 Å². The number of benzene rings is 1. The second kappa shape index (κ2) is 5.57. The van der Waals surface area contributed by atoms with Crippen LogP contribution in [0.1, 0.15) is 12.8 Å². The summed E-state index contributed by atoms with van der Waals surface area (Å²) in [4.78, 5) is 7.06. The molecular weight excluding hydrogens is 234 g/mol. The molecule has 3 heteroatoms. The van der Waals surface area contributed by atoms with E-state index in [0.29, 0.717) is 0 Å². The van der Waals surface area contributed by atoms with Crippen LogP contribution in [0.4, 0.5) is 5.82 Å². The molecule has 0 atom stereocenters. The molecule has 0 unspecified atom stereocenters. The van der Waals surface area contributed by atoms with E-state index in [1.54, 1.807) is 0 Å². The third-order valence-corrected chi connectivity index (χ3v) is 4.01. The highest BCUT2D eigenvalue weighted by atomic mass is 15.1. The van der Waals surface area contributed by atoms with Gasteiger partial charge >= 0.3 is 0 Å². The summed E-state index contributed by atoms with van der Waals surface area (Å²) in [5, 5.41) is 4.69. The first-order chi connectivity index (χ1) is 9.31. The lowest BCUT2D eigenvalue weighted by Crippen LogP contribution is -2.33. The Morgan fingerprint density at radius 2 is 1.95 bits per heavy atom. The van der Waals surface area contributed by atoms with Gasteiger partial charge in [0.05, 0.1) is 5.52 Å². The Balaban J connectivity index is 1.62. The molecule has 2 aromatic rings. The molecule has 0 saturated carbocycles. The fourth-order valence-electron chi connectivity index (χ4n) is 2.68. The molecule has 0 radical (unpaired) electrons. The van der Waals surface area contributed by atoms with Crippen molar-refractivity contribution in [2.75, 3.05) is 32.0 Å². The van der Waals surface area contributed by atoms with Crippen LogP contribution < -0.4 is 5.32 Å². The minimum absolute atomic E-state index is 0.782. The smallest absolute Gasteiger partial charge is 0.126 e. The second-order valence-electron chi connectivity index (χ2n) is 5.52. The Kier molecular flexibility index (Phi) is 3.65. The lowest BCUT2D eigenvalue weighted by atomic mass is 9.97. The molecule has 0 bridgehead atoms. The van der Waals surface area contributed by atoms with Gasteiger partial charge in [-0.2, -0.15) is 0 Å². The summed E-state index contributed by atoms with van der Waals surface area (Å²) in [5.74, 6) is 1.78. The molecule has 1 fully saturated rings. The van der Waals surface area contributed by atoms with Crippen molar-refractivity contribution in [1.29, 1.82) is 0 Å². The van der Waals surface area contributed by atoms with E-state index in [2.05, 4.69) is 52.6 Å². The van der Waals surface area contributed by atoms with Crippen LogP contribution in [0.15, 0.2) is 36.4 Å². The highest BCUT2D eigenvalue weighted by Crippen LogP contribution is 2.18. The molecule has 3 nitrogen and oxygen atoms in total. The maximum Gasteiger partial charge on any atom is 0.126 e. The molecule has 19 heavy (non-hydrogen) atoms. The molecule has 1 aromatic carbocycles. The molecular formula is C16H21N3. The molecule has 2 heterocycles. The Hall–Kier alpha value is -1.61. The number of fused-ring (bicyclic) bond motifs is 1. The molecule has 0 spiro atoms. The number of nitrogens with one attached hydrogen (secondary N) is 1. The fourth-order valence-corrected chi connectivity index (χ4v) is 2.68. The molecule has 1 aromatic heterocycles. The molecule has 3 rings (SSSR count). The fraction of sp³-hybridized carbons (Fsp3) is 0.438. The summed E-state index contributed by atoms with van der Waals surface area (Å²) in [6.45, 7) is 3.48. The maximum absolute atomic E-state index is 4.65. The summed E-state index contributed by atoms with van der Waals surface area (Å²) < 4.78 is 0. The lowest BCUT2D eigenvalue weighted by molar-refractivity contribution is 0.226. The highest BCUT2D eigenvalue weighted by molar-refractivity contribution is 5.79. The summed E-state index contributed by atoms with van der Waals surface area (Å²) in [7, 11) is 2.20. The van der Waals surface area contributed by atoms with E-state index in [4.69, 9.17) is 0 Å². The van der Waals surface area contributed by atoms with Crippen LogP contribution in [0.5, 0.6) is 0 Å². The van der Waals surface area contributed by atoms with Gasteiger partial charge in [0.1, 0.15) is 5.82 Å². The molecule has 0 amide bonds. The number of piperidine rings is 1. The van der Waals surface area contributed by atoms with Crippen LogP contribution in [-0.2, 0) is 0 Å². The van der Waals surface area contributed by atoms with Crippen molar-refractivity contribution in [2.24, 2.45) is 5.92 Å². The minimum atomic E-state index is 0.782. The van der Waals surface area contributed by atoms with Gasteiger partial charge in [-0.3, -0.25) is 0 Å². The number of hydrogen-bond donors (Lipinski definition) is 1. The van der Waals surface area contributed by atoms with Crippen molar-refractivity contribution in [1.82, 2.24) is 9.88 Å². The Labute approximate surface area is 114 Å². The Morgan fingerprint density at radius 3 is 2.79 bits per heavy atom. The van der Waals surface area contributed by atoms with Crippen LogP contribution in [0.25, 0.3) is 10.9 Å². The molecule has 100 valence electrons.